The lowest BCUT2D eigenvalue weighted by atomic mass is 9.86. The van der Waals surface area contributed by atoms with Crippen molar-refractivity contribution in [3.05, 3.63) is 28.8 Å². The van der Waals surface area contributed by atoms with Crippen LogP contribution in [0, 0.1) is 0 Å². The van der Waals surface area contributed by atoms with Crippen molar-refractivity contribution in [1.82, 2.24) is 5.32 Å². The van der Waals surface area contributed by atoms with Gasteiger partial charge in [0.25, 0.3) is 0 Å². The van der Waals surface area contributed by atoms with Crippen molar-refractivity contribution < 1.29 is 9.84 Å². The molecule has 0 amide bonds. The maximum Gasteiger partial charge on any atom is 0.123 e. The topological polar surface area (TPSA) is 41.5 Å². The lowest BCUT2D eigenvalue weighted by Crippen LogP contribution is -2.28. The number of benzene rings is 1. The van der Waals surface area contributed by atoms with Crippen LogP contribution in [0.3, 0.4) is 0 Å². The summed E-state index contributed by atoms with van der Waals surface area (Å²) in [4.78, 5) is 0. The van der Waals surface area contributed by atoms with Gasteiger partial charge in [-0.3, -0.25) is 0 Å². The average Bonchev–Trinajstić information content (AvgIpc) is 2.28. The van der Waals surface area contributed by atoms with E-state index in [9.17, 15) is 0 Å². The first-order valence-electron chi connectivity index (χ1n) is 6.62. The minimum absolute atomic E-state index is 0.00667. The Morgan fingerprint density at radius 2 is 2.05 bits per heavy atom. The van der Waals surface area contributed by atoms with E-state index >= 15 is 0 Å². The first-order chi connectivity index (χ1) is 8.80. The van der Waals surface area contributed by atoms with Gasteiger partial charge in [0.05, 0.1) is 6.10 Å². The van der Waals surface area contributed by atoms with Crippen molar-refractivity contribution in [3.8, 4) is 5.75 Å². The van der Waals surface area contributed by atoms with Crippen LogP contribution in [0.4, 0.5) is 0 Å². The lowest BCUT2D eigenvalue weighted by Gasteiger charge is -2.23. The third-order valence-corrected chi connectivity index (χ3v) is 2.96. The monoisotopic (exact) mass is 285 g/mol. The highest BCUT2D eigenvalue weighted by molar-refractivity contribution is 6.30. The van der Waals surface area contributed by atoms with Gasteiger partial charge in [-0.1, -0.05) is 32.4 Å². The van der Waals surface area contributed by atoms with E-state index in [1.54, 1.807) is 6.92 Å². The summed E-state index contributed by atoms with van der Waals surface area (Å²) in [5.41, 5.74) is 1.10. The van der Waals surface area contributed by atoms with E-state index in [2.05, 4.69) is 26.1 Å². The molecule has 1 aromatic carbocycles. The zero-order valence-corrected chi connectivity index (χ0v) is 12.9. The minimum Gasteiger partial charge on any atom is -0.492 e. The van der Waals surface area contributed by atoms with Crippen LogP contribution in [0.1, 0.15) is 33.3 Å². The molecule has 1 aromatic rings. The van der Waals surface area contributed by atoms with Crippen molar-refractivity contribution in [3.63, 3.8) is 0 Å². The van der Waals surface area contributed by atoms with Crippen LogP contribution in [0.15, 0.2) is 18.2 Å². The first-order valence-corrected chi connectivity index (χ1v) is 7.00. The molecule has 0 aliphatic carbocycles. The summed E-state index contributed by atoms with van der Waals surface area (Å²) < 4.78 is 5.80. The number of rotatable bonds is 6. The molecular formula is C15H24ClNO2. The molecule has 0 aliphatic heterocycles. The Morgan fingerprint density at radius 1 is 1.37 bits per heavy atom. The molecule has 0 spiro atoms. The highest BCUT2D eigenvalue weighted by atomic mass is 35.5. The van der Waals surface area contributed by atoms with Crippen LogP contribution < -0.4 is 10.1 Å². The van der Waals surface area contributed by atoms with Crippen LogP contribution >= 0.6 is 11.6 Å². The highest BCUT2D eigenvalue weighted by Gasteiger charge is 2.19. The fourth-order valence-corrected chi connectivity index (χ4v) is 1.93. The van der Waals surface area contributed by atoms with Crippen LogP contribution in [0.5, 0.6) is 5.75 Å². The van der Waals surface area contributed by atoms with Crippen molar-refractivity contribution in [2.75, 3.05) is 19.7 Å². The standard InChI is InChI=1S/C15H24ClNO2/c1-11(18)10-17-7-8-19-14-6-5-12(16)9-13(14)15(2,3)4/h5-6,9,11,17-18H,7-8,10H2,1-4H3. The molecule has 0 aliphatic rings. The molecule has 3 nitrogen and oxygen atoms in total. The number of hydrogen-bond acceptors (Lipinski definition) is 3. The van der Waals surface area contributed by atoms with Crippen LogP contribution in [-0.4, -0.2) is 30.9 Å². The molecule has 4 heteroatoms. The van der Waals surface area contributed by atoms with Crippen molar-refractivity contribution >= 4 is 11.6 Å². The summed E-state index contributed by atoms with van der Waals surface area (Å²) in [6.07, 6.45) is -0.333. The van der Waals surface area contributed by atoms with E-state index in [1.807, 2.05) is 18.2 Å². The molecule has 0 heterocycles. The molecule has 0 radical (unpaired) electrons. The Balaban J connectivity index is 2.58. The van der Waals surface area contributed by atoms with Gasteiger partial charge in [0.2, 0.25) is 0 Å². The molecule has 0 saturated carbocycles. The largest absolute Gasteiger partial charge is 0.492 e. The normalized spacial score (nSPS) is 13.4. The van der Waals surface area contributed by atoms with Crippen LogP contribution in [0.25, 0.3) is 0 Å². The smallest absolute Gasteiger partial charge is 0.123 e. The van der Waals surface area contributed by atoms with Gasteiger partial charge >= 0.3 is 0 Å². The van der Waals surface area contributed by atoms with Crippen LogP contribution in [0.2, 0.25) is 5.02 Å². The summed E-state index contributed by atoms with van der Waals surface area (Å²) in [5, 5.41) is 13.0. The van der Waals surface area contributed by atoms with Crippen molar-refractivity contribution in [2.45, 2.75) is 39.2 Å². The molecule has 0 fully saturated rings. The van der Waals surface area contributed by atoms with Gasteiger partial charge in [0.15, 0.2) is 0 Å². The lowest BCUT2D eigenvalue weighted by molar-refractivity contribution is 0.188. The number of halogens is 1. The van der Waals surface area contributed by atoms with Gasteiger partial charge < -0.3 is 15.2 Å². The van der Waals surface area contributed by atoms with E-state index in [0.717, 1.165) is 16.3 Å². The van der Waals surface area contributed by atoms with E-state index in [0.29, 0.717) is 19.7 Å². The van der Waals surface area contributed by atoms with Crippen molar-refractivity contribution in [1.29, 1.82) is 0 Å². The van der Waals surface area contributed by atoms with E-state index < -0.39 is 0 Å². The number of ether oxygens (including phenoxy) is 1. The molecular weight excluding hydrogens is 262 g/mol. The summed E-state index contributed by atoms with van der Waals surface area (Å²) >= 11 is 6.05. The third kappa shape index (κ3) is 5.81. The Labute approximate surface area is 120 Å². The number of aliphatic hydroxyl groups is 1. The number of hydrogen-bond donors (Lipinski definition) is 2. The van der Waals surface area contributed by atoms with Crippen LogP contribution in [-0.2, 0) is 5.41 Å². The second-order valence-electron chi connectivity index (χ2n) is 5.79. The zero-order valence-electron chi connectivity index (χ0n) is 12.2. The third-order valence-electron chi connectivity index (χ3n) is 2.73. The number of aliphatic hydroxyl groups excluding tert-OH is 1. The molecule has 108 valence electrons. The maximum atomic E-state index is 9.13. The second-order valence-corrected chi connectivity index (χ2v) is 6.23. The van der Waals surface area contributed by atoms with Gasteiger partial charge in [-0.15, -0.1) is 0 Å². The van der Waals surface area contributed by atoms with Gasteiger partial charge in [-0.25, -0.2) is 0 Å². The molecule has 0 bridgehead atoms. The average molecular weight is 286 g/mol. The fraction of sp³-hybridized carbons (Fsp3) is 0.600. The fourth-order valence-electron chi connectivity index (χ4n) is 1.76. The first kappa shape index (κ1) is 16.3. The second kappa shape index (κ2) is 7.13. The summed E-state index contributed by atoms with van der Waals surface area (Å²) in [5.74, 6) is 0.871. The molecule has 2 N–H and O–H groups in total. The Morgan fingerprint density at radius 3 is 2.63 bits per heavy atom. The van der Waals surface area contributed by atoms with Gasteiger partial charge in [0, 0.05) is 23.7 Å². The molecule has 1 atom stereocenters. The van der Waals surface area contributed by atoms with Crippen molar-refractivity contribution in [2.24, 2.45) is 0 Å². The summed E-state index contributed by atoms with van der Waals surface area (Å²) in [6.45, 7) is 10.0. The Kier molecular flexibility index (Phi) is 6.11. The number of nitrogens with one attached hydrogen (secondary N) is 1. The Bertz CT molecular complexity index is 400. The van der Waals surface area contributed by atoms with Gasteiger partial charge in [-0.2, -0.15) is 0 Å². The van der Waals surface area contributed by atoms with E-state index in [4.69, 9.17) is 21.4 Å². The summed E-state index contributed by atoms with van der Waals surface area (Å²) in [7, 11) is 0. The summed E-state index contributed by atoms with van der Waals surface area (Å²) in [6, 6.07) is 5.72. The molecule has 0 aromatic heterocycles. The van der Waals surface area contributed by atoms with E-state index in [1.165, 1.54) is 0 Å². The SMILES string of the molecule is CC(O)CNCCOc1ccc(Cl)cc1C(C)(C)C. The van der Waals surface area contributed by atoms with Gasteiger partial charge in [-0.05, 0) is 30.5 Å². The molecule has 1 unspecified atom stereocenters. The molecule has 19 heavy (non-hydrogen) atoms. The quantitative estimate of drug-likeness (QED) is 0.790. The van der Waals surface area contributed by atoms with Gasteiger partial charge in [0.1, 0.15) is 12.4 Å². The minimum atomic E-state index is -0.333. The predicted molar refractivity (Wildman–Crippen MR) is 80.2 cm³/mol. The maximum absolute atomic E-state index is 9.13. The highest BCUT2D eigenvalue weighted by Crippen LogP contribution is 2.33. The zero-order chi connectivity index (χ0) is 14.5. The predicted octanol–water partition coefficient (Wildman–Crippen LogP) is 2.99. The van der Waals surface area contributed by atoms with E-state index in [-0.39, 0.29) is 11.5 Å². The molecule has 0 saturated heterocycles. The molecule has 1 rings (SSSR count). The Hall–Kier alpha value is -0.770.